The molecule has 0 aliphatic carbocycles. The van der Waals surface area contributed by atoms with Crippen LogP contribution in [0.4, 0.5) is 0 Å². The highest BCUT2D eigenvalue weighted by molar-refractivity contribution is 5.40. The van der Waals surface area contributed by atoms with Crippen molar-refractivity contribution in [1.82, 2.24) is 0 Å². The van der Waals surface area contributed by atoms with Gasteiger partial charge in [0.05, 0.1) is 18.8 Å². The minimum Gasteiger partial charge on any atom is -0.494 e. The second-order valence-electron chi connectivity index (χ2n) is 6.14. The fraction of sp³-hybridized carbons (Fsp3) is 0.667. The van der Waals surface area contributed by atoms with Crippen molar-refractivity contribution < 1.29 is 9.47 Å². The topological polar surface area (TPSA) is 21.8 Å². The van der Waals surface area contributed by atoms with E-state index in [0.717, 1.165) is 25.2 Å². The Morgan fingerprint density at radius 3 is 2.45 bits per heavy atom. The number of hydrogen-bond acceptors (Lipinski definition) is 2. The van der Waals surface area contributed by atoms with Gasteiger partial charge in [-0.25, -0.2) is 0 Å². The molecule has 0 amide bonds. The Morgan fingerprint density at radius 2 is 1.90 bits per heavy atom. The van der Waals surface area contributed by atoms with Crippen molar-refractivity contribution in [2.45, 2.75) is 71.5 Å². The Hall–Kier alpha value is -1.02. The maximum Gasteiger partial charge on any atom is 0.122 e. The van der Waals surface area contributed by atoms with Crippen LogP contribution >= 0.6 is 0 Å². The molecule has 1 saturated heterocycles. The summed E-state index contributed by atoms with van der Waals surface area (Å²) >= 11 is 0. The largest absolute Gasteiger partial charge is 0.494 e. The molecule has 3 unspecified atom stereocenters. The van der Waals surface area contributed by atoms with Crippen LogP contribution in [-0.2, 0) is 4.74 Å². The predicted octanol–water partition coefficient (Wildman–Crippen LogP) is 4.88. The van der Waals surface area contributed by atoms with E-state index in [2.05, 4.69) is 45.9 Å². The molecule has 1 aliphatic heterocycles. The highest BCUT2D eigenvalue weighted by atomic mass is 16.6. The summed E-state index contributed by atoms with van der Waals surface area (Å²) in [5, 5.41) is 0. The third kappa shape index (κ3) is 3.54. The average Bonchev–Trinajstić information content (AvgIpc) is 3.17. The highest BCUT2D eigenvalue weighted by Gasteiger charge is 2.37. The number of benzene rings is 1. The van der Waals surface area contributed by atoms with Gasteiger partial charge < -0.3 is 9.47 Å². The first-order chi connectivity index (χ1) is 9.56. The quantitative estimate of drug-likeness (QED) is 0.662. The Labute approximate surface area is 123 Å². The molecule has 1 heterocycles. The number of ether oxygens (including phenoxy) is 2. The van der Waals surface area contributed by atoms with Gasteiger partial charge in [0.2, 0.25) is 0 Å². The summed E-state index contributed by atoms with van der Waals surface area (Å²) in [7, 11) is 0. The molecule has 0 radical (unpaired) electrons. The van der Waals surface area contributed by atoms with Gasteiger partial charge in [0.25, 0.3) is 0 Å². The fourth-order valence-electron chi connectivity index (χ4n) is 2.84. The summed E-state index contributed by atoms with van der Waals surface area (Å²) in [6.45, 7) is 11.7. The van der Waals surface area contributed by atoms with Crippen LogP contribution in [0.15, 0.2) is 18.2 Å². The molecule has 2 rings (SSSR count). The van der Waals surface area contributed by atoms with E-state index in [9.17, 15) is 0 Å². The van der Waals surface area contributed by atoms with E-state index in [1.807, 2.05) is 6.92 Å². The second-order valence-corrected chi connectivity index (χ2v) is 6.14. The molecule has 1 fully saturated rings. The summed E-state index contributed by atoms with van der Waals surface area (Å²) in [6, 6.07) is 6.67. The molecule has 0 N–H and O–H groups in total. The third-order valence-electron chi connectivity index (χ3n) is 4.20. The van der Waals surface area contributed by atoms with Crippen molar-refractivity contribution in [2.75, 3.05) is 6.61 Å². The van der Waals surface area contributed by atoms with Gasteiger partial charge in [0.15, 0.2) is 0 Å². The molecule has 0 saturated carbocycles. The Morgan fingerprint density at radius 1 is 1.15 bits per heavy atom. The minimum atomic E-state index is 0.476. The zero-order valence-electron chi connectivity index (χ0n) is 13.5. The van der Waals surface area contributed by atoms with E-state index in [0.29, 0.717) is 24.0 Å². The minimum absolute atomic E-state index is 0.476. The van der Waals surface area contributed by atoms with Crippen LogP contribution in [0.2, 0.25) is 0 Å². The van der Waals surface area contributed by atoms with Gasteiger partial charge in [-0.2, -0.15) is 0 Å². The van der Waals surface area contributed by atoms with Crippen LogP contribution in [-0.4, -0.2) is 18.8 Å². The summed E-state index contributed by atoms with van der Waals surface area (Å²) in [5.41, 5.74) is 2.72. The first-order valence-electron chi connectivity index (χ1n) is 7.98. The van der Waals surface area contributed by atoms with E-state index in [1.54, 1.807) is 0 Å². The molecular formula is C18H28O2. The molecule has 2 nitrogen and oxygen atoms in total. The van der Waals surface area contributed by atoms with Gasteiger partial charge >= 0.3 is 0 Å². The average molecular weight is 276 g/mol. The van der Waals surface area contributed by atoms with Gasteiger partial charge in [-0.15, -0.1) is 0 Å². The van der Waals surface area contributed by atoms with Crippen molar-refractivity contribution in [2.24, 2.45) is 0 Å². The van der Waals surface area contributed by atoms with Gasteiger partial charge in [-0.05, 0) is 48.8 Å². The van der Waals surface area contributed by atoms with Gasteiger partial charge in [-0.3, -0.25) is 0 Å². The zero-order valence-corrected chi connectivity index (χ0v) is 13.5. The molecule has 1 aromatic rings. The molecule has 0 bridgehead atoms. The lowest BCUT2D eigenvalue weighted by molar-refractivity contribution is 0.334. The lowest BCUT2D eigenvalue weighted by atomic mass is 9.91. The van der Waals surface area contributed by atoms with E-state index < -0.39 is 0 Å². The van der Waals surface area contributed by atoms with Crippen LogP contribution in [0.1, 0.15) is 70.4 Å². The SMILES string of the molecule is CCOc1ccc(C(C)CC2OC2CC)cc1C(C)C. The van der Waals surface area contributed by atoms with Crippen molar-refractivity contribution in [3.05, 3.63) is 29.3 Å². The van der Waals surface area contributed by atoms with Gasteiger partial charge in [0, 0.05) is 0 Å². The molecule has 0 spiro atoms. The first-order valence-corrected chi connectivity index (χ1v) is 7.98. The zero-order chi connectivity index (χ0) is 14.7. The maximum absolute atomic E-state index is 5.74. The van der Waals surface area contributed by atoms with Crippen molar-refractivity contribution >= 4 is 0 Å². The van der Waals surface area contributed by atoms with E-state index in [-0.39, 0.29) is 0 Å². The highest BCUT2D eigenvalue weighted by Crippen LogP contribution is 2.36. The van der Waals surface area contributed by atoms with Crippen LogP contribution in [0.25, 0.3) is 0 Å². The normalized spacial score (nSPS) is 22.9. The van der Waals surface area contributed by atoms with Gasteiger partial charge in [0.1, 0.15) is 5.75 Å². The molecule has 3 atom stereocenters. The fourth-order valence-corrected chi connectivity index (χ4v) is 2.84. The second kappa shape index (κ2) is 6.62. The summed E-state index contributed by atoms with van der Waals surface area (Å²) in [4.78, 5) is 0. The van der Waals surface area contributed by atoms with E-state index >= 15 is 0 Å². The number of hydrogen-bond donors (Lipinski definition) is 0. The van der Waals surface area contributed by atoms with Crippen LogP contribution < -0.4 is 4.74 Å². The lowest BCUT2D eigenvalue weighted by Gasteiger charge is -2.17. The number of rotatable bonds is 7. The maximum atomic E-state index is 5.74. The monoisotopic (exact) mass is 276 g/mol. The van der Waals surface area contributed by atoms with E-state index in [1.165, 1.54) is 11.1 Å². The smallest absolute Gasteiger partial charge is 0.122 e. The third-order valence-corrected chi connectivity index (χ3v) is 4.20. The predicted molar refractivity (Wildman–Crippen MR) is 83.7 cm³/mol. The molecular weight excluding hydrogens is 248 g/mol. The van der Waals surface area contributed by atoms with Crippen LogP contribution in [0.5, 0.6) is 5.75 Å². The standard InChI is InChI=1S/C18H28O2/c1-6-16-18(20-16)10-13(5)14-8-9-17(19-7-2)15(11-14)12(3)4/h8-9,11-13,16,18H,6-7,10H2,1-5H3. The Balaban J connectivity index is 2.09. The summed E-state index contributed by atoms with van der Waals surface area (Å²) in [6.07, 6.45) is 3.25. The Bertz CT molecular complexity index is 439. The van der Waals surface area contributed by atoms with Gasteiger partial charge in [-0.1, -0.05) is 39.8 Å². The first kappa shape index (κ1) is 15.4. The van der Waals surface area contributed by atoms with Crippen molar-refractivity contribution in [3.63, 3.8) is 0 Å². The van der Waals surface area contributed by atoms with Crippen LogP contribution in [0.3, 0.4) is 0 Å². The molecule has 1 aliphatic rings. The number of epoxide rings is 1. The molecule has 1 aromatic carbocycles. The van der Waals surface area contributed by atoms with Crippen molar-refractivity contribution in [3.8, 4) is 5.75 Å². The Kier molecular flexibility index (Phi) is 5.09. The lowest BCUT2D eigenvalue weighted by Crippen LogP contribution is -2.04. The molecule has 2 heteroatoms. The molecule has 0 aromatic heterocycles. The van der Waals surface area contributed by atoms with Crippen molar-refractivity contribution in [1.29, 1.82) is 0 Å². The molecule has 112 valence electrons. The van der Waals surface area contributed by atoms with Crippen LogP contribution in [0, 0.1) is 0 Å². The summed E-state index contributed by atoms with van der Waals surface area (Å²) in [5.74, 6) is 2.07. The molecule has 20 heavy (non-hydrogen) atoms. The van der Waals surface area contributed by atoms with E-state index in [4.69, 9.17) is 9.47 Å². The summed E-state index contributed by atoms with van der Waals surface area (Å²) < 4.78 is 11.4.